The zero-order chi connectivity index (χ0) is 27.3. The summed E-state index contributed by atoms with van der Waals surface area (Å²) in [6.07, 6.45) is 0.253. The summed E-state index contributed by atoms with van der Waals surface area (Å²) in [6, 6.07) is 15.7. The van der Waals surface area contributed by atoms with Gasteiger partial charge in [0, 0.05) is 26.0 Å². The van der Waals surface area contributed by atoms with Crippen molar-refractivity contribution in [2.45, 2.75) is 63.2 Å². The van der Waals surface area contributed by atoms with E-state index < -0.39 is 47.7 Å². The second kappa shape index (κ2) is 14.7. The van der Waals surface area contributed by atoms with Crippen LogP contribution in [-0.2, 0) is 32.1 Å². The van der Waals surface area contributed by atoms with Crippen molar-refractivity contribution in [2.75, 3.05) is 6.61 Å². The van der Waals surface area contributed by atoms with Gasteiger partial charge in [-0.05, 0) is 17.5 Å². The number of hydrogen-bond acceptors (Lipinski definition) is 6. The smallest absolute Gasteiger partial charge is 0.305 e. The molecule has 2 rings (SSSR count). The van der Waals surface area contributed by atoms with Gasteiger partial charge < -0.3 is 31.9 Å². The third kappa shape index (κ3) is 9.32. The standard InChI is InChI=1S/C27H36N4O6/c1-2-13-27(14-15-32,26(37)29-18-20-11-7-4-8-12-20)31-25(36)22(16-19-9-5-3-6-10-19)30-24(35)21(28)17-23(33)34/h3-12,21-22,32H,2,13-18,28H2,1H3,(H,29,37)(H,30,35)(H,31,36)(H,33,34)/t21-,22-,27-/m0/s1. The normalized spacial score (nSPS) is 14.0. The van der Waals surface area contributed by atoms with Gasteiger partial charge in [-0.15, -0.1) is 0 Å². The molecule has 0 saturated carbocycles. The molecule has 10 heteroatoms. The van der Waals surface area contributed by atoms with Crippen LogP contribution in [0.1, 0.15) is 43.7 Å². The van der Waals surface area contributed by atoms with Gasteiger partial charge >= 0.3 is 5.97 Å². The van der Waals surface area contributed by atoms with Gasteiger partial charge in [-0.2, -0.15) is 0 Å². The van der Waals surface area contributed by atoms with Crippen molar-refractivity contribution < 1.29 is 29.4 Å². The molecule has 7 N–H and O–H groups in total. The number of nitrogens with one attached hydrogen (secondary N) is 3. The highest BCUT2D eigenvalue weighted by molar-refractivity contribution is 5.95. The number of aliphatic hydroxyl groups excluding tert-OH is 1. The summed E-state index contributed by atoms with van der Waals surface area (Å²) in [6.45, 7) is 1.75. The van der Waals surface area contributed by atoms with Crippen molar-refractivity contribution in [3.8, 4) is 0 Å². The van der Waals surface area contributed by atoms with Gasteiger partial charge in [0.25, 0.3) is 0 Å². The molecule has 0 heterocycles. The number of aliphatic hydroxyl groups is 1. The zero-order valence-electron chi connectivity index (χ0n) is 21.0. The summed E-state index contributed by atoms with van der Waals surface area (Å²) in [5.74, 6) is -3.13. The maximum atomic E-state index is 13.5. The quantitative estimate of drug-likeness (QED) is 0.205. The lowest BCUT2D eigenvalue weighted by Gasteiger charge is -2.34. The van der Waals surface area contributed by atoms with Gasteiger partial charge in [0.1, 0.15) is 11.6 Å². The Labute approximate surface area is 216 Å². The Morgan fingerprint density at radius 2 is 1.51 bits per heavy atom. The second-order valence-electron chi connectivity index (χ2n) is 8.92. The molecular formula is C27H36N4O6. The predicted molar refractivity (Wildman–Crippen MR) is 138 cm³/mol. The molecule has 2 aromatic carbocycles. The molecule has 10 nitrogen and oxygen atoms in total. The van der Waals surface area contributed by atoms with Crippen LogP contribution in [0, 0.1) is 0 Å². The molecule has 3 amide bonds. The van der Waals surface area contributed by atoms with E-state index in [2.05, 4.69) is 16.0 Å². The van der Waals surface area contributed by atoms with Crippen molar-refractivity contribution in [1.29, 1.82) is 0 Å². The topological polar surface area (TPSA) is 171 Å². The minimum Gasteiger partial charge on any atom is -0.481 e. The van der Waals surface area contributed by atoms with E-state index in [-0.39, 0.29) is 32.4 Å². The van der Waals surface area contributed by atoms with E-state index in [0.29, 0.717) is 6.42 Å². The molecule has 0 saturated heterocycles. The number of rotatable bonds is 15. The fourth-order valence-electron chi connectivity index (χ4n) is 4.04. The highest BCUT2D eigenvalue weighted by atomic mass is 16.4. The molecule has 37 heavy (non-hydrogen) atoms. The van der Waals surface area contributed by atoms with Crippen LogP contribution in [0.2, 0.25) is 0 Å². The number of carbonyl (C=O) groups excluding carboxylic acids is 3. The predicted octanol–water partition coefficient (Wildman–Crippen LogP) is 0.870. The van der Waals surface area contributed by atoms with E-state index in [4.69, 9.17) is 10.8 Å². The number of benzene rings is 2. The van der Waals surface area contributed by atoms with Crippen LogP contribution >= 0.6 is 0 Å². The van der Waals surface area contributed by atoms with E-state index in [1.54, 1.807) is 24.3 Å². The first kappa shape index (κ1) is 29.5. The highest BCUT2D eigenvalue weighted by Gasteiger charge is 2.40. The molecule has 2 aromatic rings. The maximum Gasteiger partial charge on any atom is 0.305 e. The van der Waals surface area contributed by atoms with Crippen LogP contribution in [-0.4, -0.2) is 58.1 Å². The number of aliphatic carboxylic acids is 1. The number of nitrogens with two attached hydrogens (primary N) is 1. The molecule has 0 radical (unpaired) electrons. The fourth-order valence-corrected chi connectivity index (χ4v) is 4.04. The number of carboxylic acids is 1. The van der Waals surface area contributed by atoms with Crippen LogP contribution in [0.15, 0.2) is 60.7 Å². The van der Waals surface area contributed by atoms with E-state index in [9.17, 15) is 24.3 Å². The number of hydrogen-bond donors (Lipinski definition) is 6. The van der Waals surface area contributed by atoms with Gasteiger partial charge in [-0.1, -0.05) is 74.0 Å². The number of carbonyl (C=O) groups is 4. The fraction of sp³-hybridized carbons (Fsp3) is 0.407. The zero-order valence-corrected chi connectivity index (χ0v) is 21.0. The van der Waals surface area contributed by atoms with Crippen LogP contribution in [0.5, 0.6) is 0 Å². The van der Waals surface area contributed by atoms with E-state index >= 15 is 0 Å². The van der Waals surface area contributed by atoms with Crippen LogP contribution < -0.4 is 21.7 Å². The van der Waals surface area contributed by atoms with E-state index in [0.717, 1.165) is 11.1 Å². The first-order valence-electron chi connectivity index (χ1n) is 12.3. The Hall–Kier alpha value is -3.76. The van der Waals surface area contributed by atoms with Crippen molar-refractivity contribution in [3.63, 3.8) is 0 Å². The minimum absolute atomic E-state index is 0.0300. The lowest BCUT2D eigenvalue weighted by atomic mass is 9.88. The molecule has 0 unspecified atom stereocenters. The third-order valence-electron chi connectivity index (χ3n) is 5.96. The average Bonchev–Trinajstić information content (AvgIpc) is 2.87. The van der Waals surface area contributed by atoms with Gasteiger partial charge in [-0.25, -0.2) is 0 Å². The van der Waals surface area contributed by atoms with Crippen molar-refractivity contribution in [2.24, 2.45) is 5.73 Å². The van der Waals surface area contributed by atoms with E-state index in [1.165, 1.54) is 0 Å². The summed E-state index contributed by atoms with van der Waals surface area (Å²) >= 11 is 0. The molecule has 0 aromatic heterocycles. The van der Waals surface area contributed by atoms with Crippen LogP contribution in [0.3, 0.4) is 0 Å². The molecule has 0 fully saturated rings. The summed E-state index contributed by atoms with van der Waals surface area (Å²) in [7, 11) is 0. The monoisotopic (exact) mass is 512 g/mol. The summed E-state index contributed by atoms with van der Waals surface area (Å²) < 4.78 is 0. The summed E-state index contributed by atoms with van der Waals surface area (Å²) in [5.41, 5.74) is 5.90. The number of amides is 3. The SMILES string of the molecule is CCC[C@@](CCO)(NC(=O)[C@H](Cc1ccccc1)NC(=O)[C@@H](N)CC(=O)O)C(=O)NCc1ccccc1. The Balaban J connectivity index is 2.28. The van der Waals surface area contributed by atoms with Gasteiger partial charge in [0.2, 0.25) is 17.7 Å². The highest BCUT2D eigenvalue weighted by Crippen LogP contribution is 2.20. The Morgan fingerprint density at radius 3 is 2.05 bits per heavy atom. The number of carboxylic acid groups (broad SMARTS) is 1. The lowest BCUT2D eigenvalue weighted by molar-refractivity contribution is -0.140. The van der Waals surface area contributed by atoms with Gasteiger partial charge in [-0.3, -0.25) is 19.2 Å². The Morgan fingerprint density at radius 1 is 0.919 bits per heavy atom. The average molecular weight is 513 g/mol. The van der Waals surface area contributed by atoms with Gasteiger partial charge in [0.15, 0.2) is 0 Å². The third-order valence-corrected chi connectivity index (χ3v) is 5.96. The molecule has 0 aliphatic rings. The second-order valence-corrected chi connectivity index (χ2v) is 8.92. The Bertz CT molecular complexity index is 1030. The molecule has 3 atom stereocenters. The molecule has 0 spiro atoms. The largest absolute Gasteiger partial charge is 0.481 e. The summed E-state index contributed by atoms with van der Waals surface area (Å²) in [5, 5.41) is 26.9. The Kier molecular flexibility index (Phi) is 11.7. The molecule has 0 bridgehead atoms. The molecule has 0 aliphatic heterocycles. The molecule has 200 valence electrons. The first-order chi connectivity index (χ1) is 17.7. The maximum absolute atomic E-state index is 13.5. The minimum atomic E-state index is -1.42. The van der Waals surface area contributed by atoms with E-state index in [1.807, 2.05) is 43.3 Å². The first-order valence-corrected chi connectivity index (χ1v) is 12.3. The molecule has 0 aliphatic carbocycles. The van der Waals surface area contributed by atoms with Crippen LogP contribution in [0.25, 0.3) is 0 Å². The summed E-state index contributed by atoms with van der Waals surface area (Å²) in [4.78, 5) is 50.5. The van der Waals surface area contributed by atoms with Crippen molar-refractivity contribution in [1.82, 2.24) is 16.0 Å². The van der Waals surface area contributed by atoms with Crippen molar-refractivity contribution >= 4 is 23.7 Å². The van der Waals surface area contributed by atoms with Crippen LogP contribution in [0.4, 0.5) is 0 Å². The van der Waals surface area contributed by atoms with Gasteiger partial charge in [0.05, 0.1) is 12.5 Å². The molecular weight excluding hydrogens is 476 g/mol. The lowest BCUT2D eigenvalue weighted by Crippen LogP contribution is -2.63. The van der Waals surface area contributed by atoms with Crippen molar-refractivity contribution in [3.05, 3.63) is 71.8 Å².